The van der Waals surface area contributed by atoms with Crippen molar-refractivity contribution in [1.82, 2.24) is 9.62 Å². The molecular formula is C23H25Br2FN2O5S2. The first-order chi connectivity index (χ1) is 16.2. The summed E-state index contributed by atoms with van der Waals surface area (Å²) in [4.78, 5) is 12.6. The zero-order valence-electron chi connectivity index (χ0n) is 19.0. The quantitative estimate of drug-likeness (QED) is 0.477. The molecule has 1 atom stereocenters. The third-order valence-corrected chi connectivity index (χ3v) is 9.18. The fraction of sp³-hybridized carbons (Fsp3) is 0.348. The number of carbonyl (C=O) groups is 1. The molecule has 1 aliphatic heterocycles. The molecule has 0 unspecified atom stereocenters. The molecule has 1 aliphatic rings. The van der Waals surface area contributed by atoms with E-state index in [-0.39, 0.29) is 30.8 Å². The summed E-state index contributed by atoms with van der Waals surface area (Å²) < 4.78 is 67.7. The van der Waals surface area contributed by atoms with Crippen molar-refractivity contribution in [2.45, 2.75) is 36.4 Å². The highest BCUT2D eigenvalue weighted by Gasteiger charge is 2.44. The van der Waals surface area contributed by atoms with Crippen LogP contribution in [-0.2, 0) is 24.7 Å². The highest BCUT2D eigenvalue weighted by Crippen LogP contribution is 2.36. The SMILES string of the molecule is C[C@H](/C=C\S(C)(=O)=O)NC(=O)C1(F)CCN(S(=O)(=O)c2ccc(Br)cc2-c2cccc(Br)c2)CC1. The zero-order valence-corrected chi connectivity index (χ0v) is 23.8. The molecule has 3 rings (SSSR count). The standard InChI is InChI=1S/C23H25Br2FN2O5S2/c1-16(8-13-34(2,30)31)27-22(29)23(26)9-11-28(12-10-23)35(32,33)21-7-6-19(25)15-20(21)17-4-3-5-18(24)14-17/h3-8,13-16H,9-12H2,1-2H3,(H,27,29)/b13-8-/t16-/m1/s1. The summed E-state index contributed by atoms with van der Waals surface area (Å²) in [5, 5.41) is 3.39. The van der Waals surface area contributed by atoms with Crippen LogP contribution in [0.5, 0.6) is 0 Å². The van der Waals surface area contributed by atoms with Crippen molar-refractivity contribution in [3.63, 3.8) is 0 Å². The molecule has 0 saturated carbocycles. The average molecular weight is 652 g/mol. The van der Waals surface area contributed by atoms with Crippen LogP contribution in [0, 0.1) is 0 Å². The maximum absolute atomic E-state index is 15.4. The number of rotatable bonds is 7. The summed E-state index contributed by atoms with van der Waals surface area (Å²) >= 11 is 6.80. The van der Waals surface area contributed by atoms with Gasteiger partial charge in [0.05, 0.1) is 4.90 Å². The van der Waals surface area contributed by atoms with Gasteiger partial charge in [0.2, 0.25) is 10.0 Å². The van der Waals surface area contributed by atoms with Crippen LogP contribution in [0.25, 0.3) is 11.1 Å². The van der Waals surface area contributed by atoms with Gasteiger partial charge in [0.15, 0.2) is 15.5 Å². The first kappa shape index (κ1) is 28.0. The molecule has 0 spiro atoms. The van der Waals surface area contributed by atoms with Crippen molar-refractivity contribution in [2.75, 3.05) is 19.3 Å². The van der Waals surface area contributed by atoms with Crippen LogP contribution < -0.4 is 5.32 Å². The minimum Gasteiger partial charge on any atom is -0.347 e. The second-order valence-electron chi connectivity index (χ2n) is 8.44. The van der Waals surface area contributed by atoms with E-state index in [2.05, 4.69) is 37.2 Å². The molecule has 12 heteroatoms. The Labute approximate surface area is 222 Å². The second kappa shape index (κ2) is 10.8. The molecule has 1 N–H and O–H groups in total. The lowest BCUT2D eigenvalue weighted by atomic mass is 9.93. The molecule has 0 aliphatic carbocycles. The van der Waals surface area contributed by atoms with Gasteiger partial charge in [-0.1, -0.05) is 50.1 Å². The molecule has 2 aromatic rings. The first-order valence-electron chi connectivity index (χ1n) is 10.7. The number of benzene rings is 2. The van der Waals surface area contributed by atoms with Crippen LogP contribution in [0.2, 0.25) is 0 Å². The summed E-state index contributed by atoms with van der Waals surface area (Å²) in [6.45, 7) is 1.18. The molecule has 1 amide bonds. The summed E-state index contributed by atoms with van der Waals surface area (Å²) in [5.41, 5.74) is -1.06. The predicted octanol–water partition coefficient (Wildman–Crippen LogP) is 4.43. The third kappa shape index (κ3) is 7.00. The molecule has 2 aromatic carbocycles. The van der Waals surface area contributed by atoms with Crippen LogP contribution in [0.15, 0.2) is 67.8 Å². The van der Waals surface area contributed by atoms with E-state index in [0.29, 0.717) is 15.6 Å². The molecule has 0 aromatic heterocycles. The van der Waals surface area contributed by atoms with Crippen molar-refractivity contribution in [3.8, 4) is 11.1 Å². The smallest absolute Gasteiger partial charge is 0.258 e. The monoisotopic (exact) mass is 650 g/mol. The number of alkyl halides is 1. The minimum absolute atomic E-state index is 0.0918. The Hall–Kier alpha value is -1.60. The normalized spacial score (nSPS) is 17.9. The number of halogens is 3. The van der Waals surface area contributed by atoms with Gasteiger partial charge in [-0.25, -0.2) is 21.2 Å². The van der Waals surface area contributed by atoms with Crippen LogP contribution in [0.4, 0.5) is 4.39 Å². The molecule has 0 bridgehead atoms. The van der Waals surface area contributed by atoms with Gasteiger partial charge in [0, 0.05) is 58.1 Å². The molecule has 1 saturated heterocycles. The van der Waals surface area contributed by atoms with Gasteiger partial charge >= 0.3 is 0 Å². The van der Waals surface area contributed by atoms with Crippen molar-refractivity contribution < 1.29 is 26.0 Å². The number of nitrogens with zero attached hydrogens (tertiary/aromatic N) is 1. The Balaban J connectivity index is 1.78. The van der Waals surface area contributed by atoms with Crippen LogP contribution in [-0.4, -0.2) is 58.1 Å². The maximum Gasteiger partial charge on any atom is 0.258 e. The second-order valence-corrected chi connectivity index (χ2v) is 14.1. The van der Waals surface area contributed by atoms with Crippen molar-refractivity contribution in [3.05, 3.63) is 62.9 Å². The lowest BCUT2D eigenvalue weighted by Gasteiger charge is -2.35. The lowest BCUT2D eigenvalue weighted by molar-refractivity contribution is -0.135. The van der Waals surface area contributed by atoms with Crippen LogP contribution in [0.1, 0.15) is 19.8 Å². The Kier molecular flexibility index (Phi) is 8.63. The fourth-order valence-corrected chi connectivity index (χ4v) is 6.62. The highest BCUT2D eigenvalue weighted by molar-refractivity contribution is 9.10. The van der Waals surface area contributed by atoms with Gasteiger partial charge in [0.25, 0.3) is 5.91 Å². The van der Waals surface area contributed by atoms with E-state index in [1.54, 1.807) is 24.3 Å². The van der Waals surface area contributed by atoms with Gasteiger partial charge in [-0.2, -0.15) is 4.31 Å². The van der Waals surface area contributed by atoms with Gasteiger partial charge < -0.3 is 5.32 Å². The van der Waals surface area contributed by atoms with E-state index in [1.165, 1.54) is 23.4 Å². The molecule has 1 heterocycles. The molecule has 1 fully saturated rings. The van der Waals surface area contributed by atoms with E-state index >= 15 is 4.39 Å². The van der Waals surface area contributed by atoms with Crippen molar-refractivity contribution in [1.29, 1.82) is 0 Å². The van der Waals surface area contributed by atoms with E-state index < -0.39 is 37.5 Å². The van der Waals surface area contributed by atoms with Crippen LogP contribution >= 0.6 is 31.9 Å². The summed E-state index contributed by atoms with van der Waals surface area (Å²) in [5.74, 6) is -0.890. The predicted molar refractivity (Wildman–Crippen MR) is 141 cm³/mol. The molecule has 0 radical (unpaired) electrons. The Morgan fingerprint density at radius 2 is 1.71 bits per heavy atom. The highest BCUT2D eigenvalue weighted by atomic mass is 79.9. The summed E-state index contributed by atoms with van der Waals surface area (Å²) in [6, 6.07) is 11.4. The number of carbonyl (C=O) groups excluding carboxylic acids is 1. The van der Waals surface area contributed by atoms with Crippen molar-refractivity contribution >= 4 is 57.6 Å². The number of amides is 1. The van der Waals surface area contributed by atoms with Gasteiger partial charge in [-0.3, -0.25) is 4.79 Å². The topological polar surface area (TPSA) is 101 Å². The maximum atomic E-state index is 15.4. The Bertz CT molecular complexity index is 1360. The van der Waals surface area contributed by atoms with E-state index in [4.69, 9.17) is 0 Å². The van der Waals surface area contributed by atoms with Crippen molar-refractivity contribution in [2.24, 2.45) is 0 Å². The molecular weight excluding hydrogens is 627 g/mol. The molecule has 190 valence electrons. The number of hydrogen-bond donors (Lipinski definition) is 1. The van der Waals surface area contributed by atoms with Gasteiger partial charge in [-0.05, 0) is 42.8 Å². The number of sulfone groups is 1. The number of nitrogens with one attached hydrogen (secondary N) is 1. The fourth-order valence-electron chi connectivity index (χ4n) is 3.70. The molecule has 7 nitrogen and oxygen atoms in total. The number of hydrogen-bond acceptors (Lipinski definition) is 5. The minimum atomic E-state index is -3.97. The zero-order chi connectivity index (χ0) is 26.0. The lowest BCUT2D eigenvalue weighted by Crippen LogP contribution is -2.53. The molecule has 35 heavy (non-hydrogen) atoms. The van der Waals surface area contributed by atoms with E-state index in [9.17, 15) is 21.6 Å². The summed E-state index contributed by atoms with van der Waals surface area (Å²) in [6.07, 6.45) is 1.64. The largest absolute Gasteiger partial charge is 0.347 e. The average Bonchev–Trinajstić information content (AvgIpc) is 2.77. The Morgan fingerprint density at radius 1 is 1.09 bits per heavy atom. The Morgan fingerprint density at radius 3 is 2.31 bits per heavy atom. The van der Waals surface area contributed by atoms with Gasteiger partial charge in [-0.15, -0.1) is 0 Å². The first-order valence-corrected chi connectivity index (χ1v) is 15.6. The number of sulfonamides is 1. The van der Waals surface area contributed by atoms with E-state index in [0.717, 1.165) is 16.1 Å². The van der Waals surface area contributed by atoms with Crippen LogP contribution in [0.3, 0.4) is 0 Å². The summed E-state index contributed by atoms with van der Waals surface area (Å²) in [7, 11) is -7.35. The van der Waals surface area contributed by atoms with Gasteiger partial charge in [0.1, 0.15) is 0 Å². The third-order valence-electron chi connectivity index (χ3n) is 5.59. The van der Waals surface area contributed by atoms with E-state index in [1.807, 2.05) is 12.1 Å². The number of piperidine rings is 1.